The molecule has 0 aliphatic heterocycles. The summed E-state index contributed by atoms with van der Waals surface area (Å²) in [6, 6.07) is 0. The van der Waals surface area contributed by atoms with E-state index in [-0.39, 0.29) is 27.3 Å². The van der Waals surface area contributed by atoms with Crippen LogP contribution < -0.4 is 10.2 Å². The topological polar surface area (TPSA) is 121 Å². The summed E-state index contributed by atoms with van der Waals surface area (Å²) in [6.07, 6.45) is 1.43. The van der Waals surface area contributed by atoms with E-state index in [0.29, 0.717) is 25.7 Å². The van der Waals surface area contributed by atoms with Crippen molar-refractivity contribution in [3.8, 4) is 0 Å². The predicted octanol–water partition coefficient (Wildman–Crippen LogP) is -3.86. The normalized spacial score (nSPS) is 22.5. The van der Waals surface area contributed by atoms with Gasteiger partial charge in [0, 0.05) is 0 Å². The summed E-state index contributed by atoms with van der Waals surface area (Å²) in [5.74, 6) is -2.68. The first-order chi connectivity index (χ1) is 6.30. The average Bonchev–Trinajstić information content (AvgIpc) is 2.93. The summed E-state index contributed by atoms with van der Waals surface area (Å²) in [5, 5.41) is 36.5. The maximum absolute atomic E-state index is 9.72. The molecule has 0 heterocycles. The molecular formula is C8H10O6Pb. The van der Waals surface area contributed by atoms with Gasteiger partial charge in [-0.2, -0.15) is 0 Å². The fourth-order valence-electron chi connectivity index (χ4n) is 0.645. The van der Waals surface area contributed by atoms with Gasteiger partial charge >= 0.3 is 27.3 Å². The third-order valence-corrected chi connectivity index (χ3v) is 2.21. The Kier molecular flexibility index (Phi) is 4.68. The summed E-state index contributed by atoms with van der Waals surface area (Å²) >= 11 is 0. The maximum Gasteiger partial charge on any atom is 2.00 e. The Morgan fingerprint density at radius 3 is 1.07 bits per heavy atom. The van der Waals surface area contributed by atoms with E-state index >= 15 is 0 Å². The molecule has 2 fully saturated rings. The van der Waals surface area contributed by atoms with Crippen LogP contribution in [0.25, 0.3) is 0 Å². The summed E-state index contributed by atoms with van der Waals surface area (Å²) < 4.78 is 0. The Labute approximate surface area is 106 Å². The smallest absolute Gasteiger partial charge is 0.547 e. The van der Waals surface area contributed by atoms with Crippen LogP contribution in [0.3, 0.4) is 0 Å². The summed E-state index contributed by atoms with van der Waals surface area (Å²) in [4.78, 5) is 19.4. The minimum absolute atomic E-state index is 0. The van der Waals surface area contributed by atoms with E-state index in [1.54, 1.807) is 0 Å². The third kappa shape index (κ3) is 4.03. The molecule has 0 unspecified atom stereocenters. The SMILES string of the molecule is O=C([O-])C1(O)CC1.O=C([O-])C1(O)CC1.[Pb+2]. The van der Waals surface area contributed by atoms with Crippen molar-refractivity contribution in [2.24, 2.45) is 0 Å². The Bertz CT molecular complexity index is 240. The van der Waals surface area contributed by atoms with Gasteiger partial charge < -0.3 is 30.0 Å². The van der Waals surface area contributed by atoms with Gasteiger partial charge in [-0.05, 0) is 25.7 Å². The van der Waals surface area contributed by atoms with Gasteiger partial charge in [0.15, 0.2) is 0 Å². The second kappa shape index (κ2) is 4.75. The molecule has 0 atom stereocenters. The fraction of sp³-hybridized carbons (Fsp3) is 0.750. The largest absolute Gasteiger partial charge is 2.00 e. The maximum atomic E-state index is 9.72. The molecule has 7 heteroatoms. The number of aliphatic carboxylic acids is 2. The molecule has 2 radical (unpaired) electrons. The Balaban J connectivity index is 0.000000245. The number of hydrogen-bond acceptors (Lipinski definition) is 6. The molecule has 0 bridgehead atoms. The van der Waals surface area contributed by atoms with Crippen molar-refractivity contribution in [1.82, 2.24) is 0 Å². The minimum atomic E-state index is -1.44. The van der Waals surface area contributed by atoms with E-state index in [9.17, 15) is 19.8 Å². The van der Waals surface area contributed by atoms with Crippen LogP contribution in [0.5, 0.6) is 0 Å². The van der Waals surface area contributed by atoms with Crippen molar-refractivity contribution < 1.29 is 30.0 Å². The van der Waals surface area contributed by atoms with Crippen molar-refractivity contribution in [2.45, 2.75) is 36.9 Å². The van der Waals surface area contributed by atoms with E-state index in [2.05, 4.69) is 0 Å². The quantitative estimate of drug-likeness (QED) is 0.451. The molecule has 0 saturated heterocycles. The average molecular weight is 409 g/mol. The van der Waals surface area contributed by atoms with Gasteiger partial charge in [0.05, 0.1) is 11.9 Å². The number of carboxylic acid groups (broad SMARTS) is 2. The molecule has 0 aromatic heterocycles. The molecule has 2 aliphatic rings. The van der Waals surface area contributed by atoms with Crippen LogP contribution in [0.1, 0.15) is 25.7 Å². The second-order valence-electron chi connectivity index (χ2n) is 3.64. The standard InChI is InChI=1S/2C4H6O3.Pb/c2*5-3(6)4(7)1-2-4;/h2*7H,1-2H2,(H,5,6);/q;;+2/p-2. The number of rotatable bonds is 2. The Hall–Kier alpha value is -0.218. The molecule has 2 N–H and O–H groups in total. The number of carbonyl (C=O) groups excluding carboxylic acids is 2. The van der Waals surface area contributed by atoms with E-state index in [1.807, 2.05) is 0 Å². The molecule has 0 spiro atoms. The summed E-state index contributed by atoms with van der Waals surface area (Å²) in [5.41, 5.74) is -2.89. The zero-order valence-electron chi connectivity index (χ0n) is 7.86. The molecule has 0 aromatic rings. The number of carboxylic acids is 2. The first-order valence-electron chi connectivity index (χ1n) is 4.18. The van der Waals surface area contributed by atoms with Gasteiger partial charge in [-0.3, -0.25) is 0 Å². The summed E-state index contributed by atoms with van der Waals surface area (Å²) in [7, 11) is 0. The molecule has 2 rings (SSSR count). The van der Waals surface area contributed by atoms with Crippen LogP contribution >= 0.6 is 0 Å². The third-order valence-electron chi connectivity index (χ3n) is 2.21. The predicted molar refractivity (Wildman–Crippen MR) is 44.1 cm³/mol. The number of carbonyl (C=O) groups is 2. The number of hydrogen-bond donors (Lipinski definition) is 2. The monoisotopic (exact) mass is 410 g/mol. The zero-order chi connectivity index (χ0) is 11.0. The van der Waals surface area contributed by atoms with Crippen LogP contribution in [0.15, 0.2) is 0 Å². The van der Waals surface area contributed by atoms with Gasteiger partial charge in [0.2, 0.25) is 0 Å². The first-order valence-corrected chi connectivity index (χ1v) is 4.18. The van der Waals surface area contributed by atoms with Crippen LogP contribution in [0, 0.1) is 0 Å². The van der Waals surface area contributed by atoms with Gasteiger partial charge in [-0.25, -0.2) is 0 Å². The molecule has 2 saturated carbocycles. The Morgan fingerprint density at radius 2 is 1.07 bits per heavy atom. The molecule has 0 amide bonds. The molecule has 82 valence electrons. The number of aliphatic hydroxyl groups is 2. The zero-order valence-corrected chi connectivity index (χ0v) is 11.7. The fourth-order valence-corrected chi connectivity index (χ4v) is 0.645. The van der Waals surface area contributed by atoms with Crippen molar-refractivity contribution >= 4 is 39.2 Å². The van der Waals surface area contributed by atoms with Gasteiger partial charge in [0.1, 0.15) is 11.2 Å². The van der Waals surface area contributed by atoms with E-state index < -0.39 is 23.1 Å². The second-order valence-corrected chi connectivity index (χ2v) is 3.64. The van der Waals surface area contributed by atoms with Crippen molar-refractivity contribution in [2.75, 3.05) is 0 Å². The minimum Gasteiger partial charge on any atom is -0.547 e. The molecule has 0 aromatic carbocycles. The van der Waals surface area contributed by atoms with Crippen molar-refractivity contribution in [3.63, 3.8) is 0 Å². The summed E-state index contributed by atoms with van der Waals surface area (Å²) in [6.45, 7) is 0. The Morgan fingerprint density at radius 1 is 0.867 bits per heavy atom. The molecule has 2 aliphatic carbocycles. The van der Waals surface area contributed by atoms with E-state index in [4.69, 9.17) is 10.2 Å². The molecular weight excluding hydrogens is 399 g/mol. The van der Waals surface area contributed by atoms with Gasteiger partial charge in [0.25, 0.3) is 0 Å². The van der Waals surface area contributed by atoms with E-state index in [1.165, 1.54) is 0 Å². The van der Waals surface area contributed by atoms with Gasteiger partial charge in [-0.15, -0.1) is 0 Å². The van der Waals surface area contributed by atoms with Crippen LogP contribution in [0.4, 0.5) is 0 Å². The van der Waals surface area contributed by atoms with Crippen LogP contribution in [0.2, 0.25) is 0 Å². The molecule has 15 heavy (non-hydrogen) atoms. The van der Waals surface area contributed by atoms with Gasteiger partial charge in [-0.1, -0.05) is 0 Å². The van der Waals surface area contributed by atoms with Crippen LogP contribution in [-0.4, -0.2) is 60.7 Å². The first kappa shape index (κ1) is 14.8. The van der Waals surface area contributed by atoms with Crippen molar-refractivity contribution in [3.05, 3.63) is 0 Å². The molecule has 6 nitrogen and oxygen atoms in total. The van der Waals surface area contributed by atoms with E-state index in [0.717, 1.165) is 0 Å². The van der Waals surface area contributed by atoms with Crippen LogP contribution in [-0.2, 0) is 9.59 Å². The van der Waals surface area contributed by atoms with Crippen molar-refractivity contribution in [1.29, 1.82) is 0 Å².